The third-order valence-electron chi connectivity index (χ3n) is 4.61. The lowest BCUT2D eigenvalue weighted by Gasteiger charge is -2.26. The molecule has 0 spiro atoms. The lowest BCUT2D eigenvalue weighted by Crippen LogP contribution is -2.32. The van der Waals surface area contributed by atoms with Crippen LogP contribution in [-0.2, 0) is 10.8 Å². The summed E-state index contributed by atoms with van der Waals surface area (Å²) in [6.45, 7) is 9.98. The van der Waals surface area contributed by atoms with Gasteiger partial charge in [0.25, 0.3) is 0 Å². The van der Waals surface area contributed by atoms with E-state index in [2.05, 4.69) is 16.9 Å². The maximum atomic E-state index is 11.9. The first-order valence-electron chi connectivity index (χ1n) is 8.66. The van der Waals surface area contributed by atoms with Crippen LogP contribution in [0.15, 0.2) is 18.5 Å². The standard InChI is InChI=1S/C19H29N3O2S/c1-7-17(20)15-10-22-18(16-11-21-12(2)8-14(15)16)24-13(3)9-19(4,5)25(6)23/h8,10-11,13,17H,7,9,20H2,1-6H3/t13?,17?,25-/m1/s1. The number of aromatic nitrogens is 2. The van der Waals surface area contributed by atoms with E-state index in [1.807, 2.05) is 33.8 Å². The molecule has 0 radical (unpaired) electrons. The molecule has 0 aromatic carbocycles. The predicted octanol–water partition coefficient (Wildman–Crippen LogP) is 3.66. The number of hydrogen-bond acceptors (Lipinski definition) is 5. The Morgan fingerprint density at radius 1 is 1.28 bits per heavy atom. The maximum absolute atomic E-state index is 11.9. The molecule has 2 aromatic heterocycles. The zero-order valence-corrected chi connectivity index (χ0v) is 16.8. The second-order valence-corrected chi connectivity index (χ2v) is 9.26. The molecule has 0 amide bonds. The summed E-state index contributed by atoms with van der Waals surface area (Å²) in [6, 6.07) is 1.97. The summed E-state index contributed by atoms with van der Waals surface area (Å²) in [5.41, 5.74) is 8.19. The summed E-state index contributed by atoms with van der Waals surface area (Å²) in [5.74, 6) is 0.555. The van der Waals surface area contributed by atoms with Gasteiger partial charge in [-0.25, -0.2) is 4.98 Å². The van der Waals surface area contributed by atoms with Crippen LogP contribution in [0.4, 0.5) is 0 Å². The van der Waals surface area contributed by atoms with Crippen LogP contribution in [0, 0.1) is 6.92 Å². The molecule has 5 nitrogen and oxygen atoms in total. The quantitative estimate of drug-likeness (QED) is 0.812. The molecule has 2 N–H and O–H groups in total. The minimum absolute atomic E-state index is 0.0651. The minimum atomic E-state index is -0.925. The topological polar surface area (TPSA) is 78.1 Å². The normalized spacial score (nSPS) is 15.8. The van der Waals surface area contributed by atoms with E-state index in [4.69, 9.17) is 10.5 Å². The molecule has 6 heteroatoms. The first-order valence-corrected chi connectivity index (χ1v) is 10.2. The third-order valence-corrected chi connectivity index (χ3v) is 6.34. The lowest BCUT2D eigenvalue weighted by molar-refractivity contribution is 0.193. The number of hydrogen-bond donors (Lipinski definition) is 1. The predicted molar refractivity (Wildman–Crippen MR) is 104 cm³/mol. The summed E-state index contributed by atoms with van der Waals surface area (Å²) in [6.07, 6.45) is 6.74. The van der Waals surface area contributed by atoms with Gasteiger partial charge in [0.05, 0.1) is 11.5 Å². The Hall–Kier alpha value is -1.53. The Kier molecular flexibility index (Phi) is 6.16. The van der Waals surface area contributed by atoms with Crippen molar-refractivity contribution in [2.75, 3.05) is 6.26 Å². The summed E-state index contributed by atoms with van der Waals surface area (Å²) in [4.78, 5) is 8.90. The summed E-state index contributed by atoms with van der Waals surface area (Å²) < 4.78 is 17.7. The van der Waals surface area contributed by atoms with Gasteiger partial charge in [-0.15, -0.1) is 0 Å². The minimum Gasteiger partial charge on any atom is -0.474 e. The highest BCUT2D eigenvalue weighted by atomic mass is 32.2. The number of rotatable bonds is 7. The van der Waals surface area contributed by atoms with E-state index >= 15 is 0 Å². The molecule has 0 aliphatic carbocycles. The van der Waals surface area contributed by atoms with Gasteiger partial charge in [0, 0.05) is 52.4 Å². The van der Waals surface area contributed by atoms with Gasteiger partial charge in [0.2, 0.25) is 5.88 Å². The Bertz CT molecular complexity index is 777. The average Bonchev–Trinajstić information content (AvgIpc) is 2.53. The lowest BCUT2D eigenvalue weighted by atomic mass is 10.0. The van der Waals surface area contributed by atoms with E-state index in [1.54, 1.807) is 18.6 Å². The van der Waals surface area contributed by atoms with Gasteiger partial charge in [-0.2, -0.15) is 0 Å². The third kappa shape index (κ3) is 4.55. The van der Waals surface area contributed by atoms with Crippen LogP contribution in [0.25, 0.3) is 10.8 Å². The number of fused-ring (bicyclic) bond motifs is 1. The average molecular weight is 364 g/mol. The number of pyridine rings is 2. The van der Waals surface area contributed by atoms with Crippen molar-refractivity contribution in [1.82, 2.24) is 9.97 Å². The number of nitrogens with zero attached hydrogens (tertiary/aromatic N) is 2. The molecule has 0 bridgehead atoms. The number of nitrogens with two attached hydrogens (primary N) is 1. The molecule has 25 heavy (non-hydrogen) atoms. The highest BCUT2D eigenvalue weighted by Crippen LogP contribution is 2.31. The van der Waals surface area contributed by atoms with Crippen LogP contribution in [0.3, 0.4) is 0 Å². The van der Waals surface area contributed by atoms with E-state index in [0.29, 0.717) is 12.3 Å². The van der Waals surface area contributed by atoms with Gasteiger partial charge in [0.1, 0.15) is 0 Å². The highest BCUT2D eigenvalue weighted by molar-refractivity contribution is 7.85. The molecule has 3 atom stereocenters. The van der Waals surface area contributed by atoms with Gasteiger partial charge in [-0.3, -0.25) is 9.19 Å². The summed E-state index contributed by atoms with van der Waals surface area (Å²) in [5, 5.41) is 1.91. The van der Waals surface area contributed by atoms with E-state index in [9.17, 15) is 4.21 Å². The monoisotopic (exact) mass is 363 g/mol. The van der Waals surface area contributed by atoms with Crippen LogP contribution in [0.5, 0.6) is 5.88 Å². The fourth-order valence-electron chi connectivity index (χ4n) is 2.89. The zero-order valence-electron chi connectivity index (χ0n) is 16.0. The molecule has 138 valence electrons. The van der Waals surface area contributed by atoms with Gasteiger partial charge in [-0.1, -0.05) is 6.92 Å². The Morgan fingerprint density at radius 2 is 1.96 bits per heavy atom. The smallest absolute Gasteiger partial charge is 0.223 e. The molecular weight excluding hydrogens is 334 g/mol. The summed E-state index contributed by atoms with van der Waals surface area (Å²) in [7, 11) is -0.925. The van der Waals surface area contributed by atoms with Crippen molar-refractivity contribution in [1.29, 1.82) is 0 Å². The maximum Gasteiger partial charge on any atom is 0.223 e. The zero-order chi connectivity index (χ0) is 18.8. The Balaban J connectivity index is 2.38. The van der Waals surface area contributed by atoms with Crippen LogP contribution < -0.4 is 10.5 Å². The summed E-state index contributed by atoms with van der Waals surface area (Å²) >= 11 is 0. The Morgan fingerprint density at radius 3 is 2.56 bits per heavy atom. The number of aryl methyl sites for hydroxylation is 1. The van der Waals surface area contributed by atoms with E-state index in [1.165, 1.54) is 0 Å². The van der Waals surface area contributed by atoms with E-state index < -0.39 is 10.8 Å². The molecule has 2 heterocycles. The van der Waals surface area contributed by atoms with Crippen molar-refractivity contribution in [3.05, 3.63) is 29.7 Å². The first-order chi connectivity index (χ1) is 11.7. The largest absolute Gasteiger partial charge is 0.474 e. The van der Waals surface area contributed by atoms with Gasteiger partial charge >= 0.3 is 0 Å². The first kappa shape index (κ1) is 19.8. The van der Waals surface area contributed by atoms with Crippen LogP contribution in [0.2, 0.25) is 0 Å². The van der Waals surface area contributed by atoms with Crippen LogP contribution in [0.1, 0.15) is 57.8 Å². The molecule has 0 saturated carbocycles. The van der Waals surface area contributed by atoms with Crippen molar-refractivity contribution in [3.8, 4) is 5.88 Å². The molecule has 0 aliphatic rings. The van der Waals surface area contributed by atoms with Gasteiger partial charge in [0.15, 0.2) is 0 Å². The molecule has 0 aliphatic heterocycles. The van der Waals surface area contributed by atoms with Crippen molar-refractivity contribution in [2.24, 2.45) is 5.73 Å². The van der Waals surface area contributed by atoms with Crippen molar-refractivity contribution >= 4 is 21.6 Å². The van der Waals surface area contributed by atoms with Crippen LogP contribution in [-0.4, -0.2) is 31.3 Å². The number of ether oxygens (including phenoxy) is 1. The molecular formula is C19H29N3O2S. The van der Waals surface area contributed by atoms with Crippen molar-refractivity contribution < 1.29 is 8.95 Å². The van der Waals surface area contributed by atoms with Gasteiger partial charge in [-0.05, 0) is 51.1 Å². The molecule has 2 rings (SSSR count). The fraction of sp³-hybridized carbons (Fsp3) is 0.579. The second-order valence-electron chi connectivity index (χ2n) is 7.25. The van der Waals surface area contributed by atoms with Crippen molar-refractivity contribution in [3.63, 3.8) is 0 Å². The van der Waals surface area contributed by atoms with E-state index in [-0.39, 0.29) is 16.9 Å². The molecule has 2 aromatic rings. The van der Waals surface area contributed by atoms with Crippen molar-refractivity contribution in [2.45, 2.75) is 64.4 Å². The second kappa shape index (κ2) is 7.79. The SMILES string of the molecule is CCC(N)c1cnc(OC(C)CC(C)(C)[S@@](C)=O)c2cnc(C)cc12. The highest BCUT2D eigenvalue weighted by Gasteiger charge is 2.27. The fourth-order valence-corrected chi connectivity index (χ4v) is 3.36. The van der Waals surface area contributed by atoms with E-state index in [0.717, 1.165) is 28.5 Å². The Labute approximate surface area is 152 Å². The van der Waals surface area contributed by atoms with Gasteiger partial charge < -0.3 is 10.5 Å². The molecule has 2 unspecified atom stereocenters. The molecule has 0 saturated heterocycles. The van der Waals surface area contributed by atoms with Crippen LogP contribution >= 0.6 is 0 Å². The molecule has 0 fully saturated rings.